The second-order valence-electron chi connectivity index (χ2n) is 4.54. The first-order chi connectivity index (χ1) is 9.31. The molecule has 3 heterocycles. The van der Waals surface area contributed by atoms with Crippen LogP contribution in [0.25, 0.3) is 0 Å². The molecule has 0 aliphatic carbocycles. The third kappa shape index (κ3) is 3.23. The van der Waals surface area contributed by atoms with Gasteiger partial charge in [-0.15, -0.1) is 11.3 Å². The maximum atomic E-state index is 5.88. The average Bonchev–Trinajstić information content (AvgIpc) is 2.92. The lowest BCUT2D eigenvalue weighted by atomic mass is 10.3. The Balaban J connectivity index is 1.57. The fraction of sp³-hybridized carbons (Fsp3) is 0.385. The van der Waals surface area contributed by atoms with Gasteiger partial charge in [0.2, 0.25) is 0 Å². The molecule has 0 unspecified atom stereocenters. The van der Waals surface area contributed by atoms with Crippen LogP contribution in [0, 0.1) is 0 Å². The molecule has 1 fully saturated rings. The van der Waals surface area contributed by atoms with Gasteiger partial charge in [0.1, 0.15) is 11.0 Å². The first kappa shape index (κ1) is 12.8. The van der Waals surface area contributed by atoms with Gasteiger partial charge in [0.05, 0.1) is 12.4 Å². The van der Waals surface area contributed by atoms with E-state index in [1.807, 2.05) is 11.3 Å². The van der Waals surface area contributed by atoms with Gasteiger partial charge in [-0.2, -0.15) is 0 Å². The van der Waals surface area contributed by atoms with Crippen LogP contribution in [0.2, 0.25) is 5.15 Å². The van der Waals surface area contributed by atoms with Gasteiger partial charge in [-0.1, -0.05) is 17.7 Å². The zero-order chi connectivity index (χ0) is 13.1. The van der Waals surface area contributed by atoms with E-state index in [1.54, 1.807) is 12.4 Å². The van der Waals surface area contributed by atoms with Crippen LogP contribution in [-0.4, -0.2) is 41.0 Å². The van der Waals surface area contributed by atoms with Crippen LogP contribution in [-0.2, 0) is 6.54 Å². The first-order valence-corrected chi connectivity index (χ1v) is 7.54. The van der Waals surface area contributed by atoms with E-state index in [9.17, 15) is 0 Å². The van der Waals surface area contributed by atoms with Crippen molar-refractivity contribution in [1.82, 2.24) is 14.9 Å². The van der Waals surface area contributed by atoms with E-state index in [4.69, 9.17) is 11.6 Å². The normalized spacial score (nSPS) is 16.8. The molecule has 0 atom stereocenters. The molecule has 2 aromatic heterocycles. The molecule has 2 aromatic rings. The third-order valence-electron chi connectivity index (χ3n) is 3.25. The minimum atomic E-state index is 0.457. The highest BCUT2D eigenvalue weighted by atomic mass is 35.5. The second-order valence-corrected chi connectivity index (χ2v) is 5.96. The number of thiophene rings is 1. The summed E-state index contributed by atoms with van der Waals surface area (Å²) in [6.45, 7) is 5.09. The molecule has 3 rings (SSSR count). The zero-order valence-corrected chi connectivity index (χ0v) is 12.1. The van der Waals surface area contributed by atoms with Gasteiger partial charge in [-0.25, -0.2) is 4.98 Å². The number of nitrogens with zero attached hydrogens (tertiary/aromatic N) is 4. The predicted molar refractivity (Wildman–Crippen MR) is 78.9 cm³/mol. The van der Waals surface area contributed by atoms with Gasteiger partial charge >= 0.3 is 0 Å². The summed E-state index contributed by atoms with van der Waals surface area (Å²) in [6.07, 6.45) is 3.35. The second kappa shape index (κ2) is 5.86. The van der Waals surface area contributed by atoms with Crippen LogP contribution in [0.5, 0.6) is 0 Å². The van der Waals surface area contributed by atoms with E-state index in [2.05, 4.69) is 37.3 Å². The number of aromatic nitrogens is 2. The minimum Gasteiger partial charge on any atom is -0.353 e. The number of halogens is 1. The molecule has 4 nitrogen and oxygen atoms in total. The summed E-state index contributed by atoms with van der Waals surface area (Å²) in [5.74, 6) is 0.878. The zero-order valence-electron chi connectivity index (χ0n) is 10.5. The molecule has 0 bridgehead atoms. The van der Waals surface area contributed by atoms with Crippen molar-refractivity contribution in [2.75, 3.05) is 31.1 Å². The Kier molecular flexibility index (Phi) is 3.96. The molecule has 0 N–H and O–H groups in total. The minimum absolute atomic E-state index is 0.457. The van der Waals surface area contributed by atoms with Gasteiger partial charge in [0.15, 0.2) is 0 Å². The van der Waals surface area contributed by atoms with Gasteiger partial charge in [-0.05, 0) is 11.4 Å². The molecule has 0 amide bonds. The largest absolute Gasteiger partial charge is 0.353 e. The van der Waals surface area contributed by atoms with E-state index < -0.39 is 0 Å². The topological polar surface area (TPSA) is 32.3 Å². The third-order valence-corrected chi connectivity index (χ3v) is 4.29. The van der Waals surface area contributed by atoms with Gasteiger partial charge in [0.25, 0.3) is 0 Å². The van der Waals surface area contributed by atoms with Crippen molar-refractivity contribution in [3.05, 3.63) is 39.9 Å². The molecular weight excluding hydrogens is 280 g/mol. The van der Waals surface area contributed by atoms with E-state index >= 15 is 0 Å². The van der Waals surface area contributed by atoms with Crippen molar-refractivity contribution in [2.45, 2.75) is 6.54 Å². The highest BCUT2D eigenvalue weighted by Gasteiger charge is 2.18. The molecule has 1 aliphatic rings. The summed E-state index contributed by atoms with van der Waals surface area (Å²) in [5, 5.41) is 2.59. The van der Waals surface area contributed by atoms with Crippen molar-refractivity contribution in [3.63, 3.8) is 0 Å². The summed E-state index contributed by atoms with van der Waals surface area (Å²) in [7, 11) is 0. The lowest BCUT2D eigenvalue weighted by molar-refractivity contribution is 0.251. The van der Waals surface area contributed by atoms with Gasteiger partial charge < -0.3 is 4.90 Å². The molecule has 0 radical (unpaired) electrons. The number of hydrogen-bond acceptors (Lipinski definition) is 5. The Labute approximate surface area is 121 Å². The highest BCUT2D eigenvalue weighted by Crippen LogP contribution is 2.17. The number of hydrogen-bond donors (Lipinski definition) is 0. The van der Waals surface area contributed by atoms with Crippen LogP contribution in [0.3, 0.4) is 0 Å². The number of rotatable bonds is 3. The smallest absolute Gasteiger partial charge is 0.149 e. The van der Waals surface area contributed by atoms with Gasteiger partial charge in [-0.3, -0.25) is 9.88 Å². The Bertz CT molecular complexity index is 523. The lowest BCUT2D eigenvalue weighted by Gasteiger charge is -2.35. The van der Waals surface area contributed by atoms with Crippen LogP contribution in [0.1, 0.15) is 4.88 Å². The van der Waals surface area contributed by atoms with Crippen LogP contribution in [0.15, 0.2) is 29.9 Å². The maximum Gasteiger partial charge on any atom is 0.149 e. The maximum absolute atomic E-state index is 5.88. The van der Waals surface area contributed by atoms with E-state index in [1.165, 1.54) is 4.88 Å². The monoisotopic (exact) mass is 294 g/mol. The number of anilines is 1. The average molecular weight is 295 g/mol. The molecule has 1 aliphatic heterocycles. The number of piperazine rings is 1. The van der Waals surface area contributed by atoms with Crippen LogP contribution >= 0.6 is 22.9 Å². The molecule has 0 saturated carbocycles. The quantitative estimate of drug-likeness (QED) is 0.871. The Morgan fingerprint density at radius 2 is 2.05 bits per heavy atom. The fourth-order valence-electron chi connectivity index (χ4n) is 2.24. The first-order valence-electron chi connectivity index (χ1n) is 6.28. The predicted octanol–water partition coefficient (Wildman–Crippen LogP) is 2.51. The molecule has 1 saturated heterocycles. The highest BCUT2D eigenvalue weighted by molar-refractivity contribution is 7.09. The van der Waals surface area contributed by atoms with E-state index in [0.717, 1.165) is 38.5 Å². The summed E-state index contributed by atoms with van der Waals surface area (Å²) in [6, 6.07) is 4.30. The standard InChI is InChI=1S/C13H15ClN4S/c14-12-8-15-9-13(16-12)18-5-3-17(4-6-18)10-11-2-1-7-19-11/h1-2,7-9H,3-6,10H2. The summed E-state index contributed by atoms with van der Waals surface area (Å²) >= 11 is 7.70. The van der Waals surface area contributed by atoms with E-state index in [-0.39, 0.29) is 0 Å². The molecule has 0 spiro atoms. The van der Waals surface area contributed by atoms with Gasteiger partial charge in [0, 0.05) is 37.6 Å². The Morgan fingerprint density at radius 1 is 1.21 bits per heavy atom. The Morgan fingerprint density at radius 3 is 2.74 bits per heavy atom. The van der Waals surface area contributed by atoms with Crippen molar-refractivity contribution in [1.29, 1.82) is 0 Å². The van der Waals surface area contributed by atoms with Crippen molar-refractivity contribution >= 4 is 28.8 Å². The summed E-state index contributed by atoms with van der Waals surface area (Å²) in [5.41, 5.74) is 0. The lowest BCUT2D eigenvalue weighted by Crippen LogP contribution is -2.46. The fourth-order valence-corrected chi connectivity index (χ4v) is 3.13. The molecule has 0 aromatic carbocycles. The van der Waals surface area contributed by atoms with Crippen LogP contribution in [0.4, 0.5) is 5.82 Å². The molecule has 6 heteroatoms. The van der Waals surface area contributed by atoms with E-state index in [0.29, 0.717) is 5.15 Å². The van der Waals surface area contributed by atoms with Crippen LogP contribution < -0.4 is 4.90 Å². The molecule has 100 valence electrons. The molecule has 19 heavy (non-hydrogen) atoms. The Hall–Kier alpha value is -1.17. The van der Waals surface area contributed by atoms with Crippen molar-refractivity contribution in [2.24, 2.45) is 0 Å². The molecular formula is C13H15ClN4S. The summed E-state index contributed by atoms with van der Waals surface area (Å²) in [4.78, 5) is 14.5. The summed E-state index contributed by atoms with van der Waals surface area (Å²) < 4.78 is 0. The van der Waals surface area contributed by atoms with Crippen molar-refractivity contribution in [3.8, 4) is 0 Å². The van der Waals surface area contributed by atoms with Crippen molar-refractivity contribution < 1.29 is 0 Å². The SMILES string of the molecule is Clc1cncc(N2CCN(Cc3cccs3)CC2)n1.